The molecule has 0 saturated heterocycles. The van der Waals surface area contributed by atoms with Gasteiger partial charge in [-0.15, -0.1) is 0 Å². The van der Waals surface area contributed by atoms with E-state index in [1.807, 2.05) is 6.07 Å². The van der Waals surface area contributed by atoms with E-state index in [9.17, 15) is 4.79 Å². The van der Waals surface area contributed by atoms with Crippen molar-refractivity contribution < 1.29 is 9.21 Å². The van der Waals surface area contributed by atoms with Gasteiger partial charge in [0, 0.05) is 16.6 Å². The van der Waals surface area contributed by atoms with Gasteiger partial charge in [0.15, 0.2) is 0 Å². The molecule has 0 fully saturated rings. The minimum absolute atomic E-state index is 0.00248. The van der Waals surface area contributed by atoms with Gasteiger partial charge in [0.1, 0.15) is 5.58 Å². The molecule has 3 aromatic rings. The molecule has 1 amide bonds. The van der Waals surface area contributed by atoms with E-state index in [1.165, 1.54) is 28.7 Å². The first-order chi connectivity index (χ1) is 12.5. The van der Waals surface area contributed by atoms with E-state index < -0.39 is 0 Å². The third-order valence-corrected chi connectivity index (χ3v) is 5.40. The summed E-state index contributed by atoms with van der Waals surface area (Å²) in [5.74, 6) is 0.444. The van der Waals surface area contributed by atoms with Gasteiger partial charge in [0.2, 0.25) is 5.91 Å². The summed E-state index contributed by atoms with van der Waals surface area (Å²) >= 11 is 0. The normalized spacial score (nSPS) is 13.4. The smallest absolute Gasteiger partial charge is 0.228 e. The van der Waals surface area contributed by atoms with E-state index in [4.69, 9.17) is 4.42 Å². The van der Waals surface area contributed by atoms with E-state index in [0.29, 0.717) is 12.3 Å². The number of fused-ring (bicyclic) bond motifs is 2. The fraction of sp³-hybridized carbons (Fsp3) is 0.348. The number of hydrogen-bond acceptors (Lipinski definition) is 2. The summed E-state index contributed by atoms with van der Waals surface area (Å²) in [7, 11) is 0. The minimum atomic E-state index is -0.00248. The molecule has 0 unspecified atom stereocenters. The maximum absolute atomic E-state index is 12.6. The molecule has 134 valence electrons. The summed E-state index contributed by atoms with van der Waals surface area (Å²) in [6.07, 6.45) is 5.53. The molecule has 3 nitrogen and oxygen atoms in total. The first-order valence-electron chi connectivity index (χ1n) is 9.43. The first-order valence-corrected chi connectivity index (χ1v) is 9.43. The molecule has 0 bridgehead atoms. The molecule has 1 aromatic heterocycles. The SMILES string of the molecule is Cc1cc2occ(CC(=O)Nc3ccc4c(c3)CCC4)c2cc1C(C)C. The molecule has 1 aliphatic rings. The molecule has 1 N–H and O–H groups in total. The van der Waals surface area contributed by atoms with Crippen LogP contribution in [0.25, 0.3) is 11.0 Å². The van der Waals surface area contributed by atoms with Gasteiger partial charge in [-0.05, 0) is 78.6 Å². The van der Waals surface area contributed by atoms with E-state index in [0.717, 1.165) is 35.1 Å². The van der Waals surface area contributed by atoms with Crippen LogP contribution in [0.3, 0.4) is 0 Å². The van der Waals surface area contributed by atoms with Crippen molar-refractivity contribution >= 4 is 22.6 Å². The summed E-state index contributed by atoms with van der Waals surface area (Å²) in [5.41, 5.74) is 8.01. The highest BCUT2D eigenvalue weighted by Crippen LogP contribution is 2.29. The summed E-state index contributed by atoms with van der Waals surface area (Å²) in [6.45, 7) is 6.49. The number of hydrogen-bond donors (Lipinski definition) is 1. The molecule has 0 spiro atoms. The Morgan fingerprint density at radius 2 is 1.96 bits per heavy atom. The number of nitrogens with one attached hydrogen (secondary N) is 1. The quantitative estimate of drug-likeness (QED) is 0.674. The lowest BCUT2D eigenvalue weighted by molar-refractivity contribution is -0.115. The average molecular weight is 347 g/mol. The van der Waals surface area contributed by atoms with Crippen LogP contribution in [0.1, 0.15) is 54.0 Å². The van der Waals surface area contributed by atoms with Crippen LogP contribution in [0.4, 0.5) is 5.69 Å². The van der Waals surface area contributed by atoms with Crippen molar-refractivity contribution in [2.75, 3.05) is 5.32 Å². The van der Waals surface area contributed by atoms with Crippen LogP contribution >= 0.6 is 0 Å². The van der Waals surface area contributed by atoms with Crippen molar-refractivity contribution in [1.82, 2.24) is 0 Å². The van der Waals surface area contributed by atoms with E-state index in [-0.39, 0.29) is 5.91 Å². The van der Waals surface area contributed by atoms with Gasteiger partial charge in [0.25, 0.3) is 0 Å². The summed E-state index contributed by atoms with van der Waals surface area (Å²) in [5, 5.41) is 4.09. The van der Waals surface area contributed by atoms with Crippen LogP contribution in [0.2, 0.25) is 0 Å². The summed E-state index contributed by atoms with van der Waals surface area (Å²) in [6, 6.07) is 10.5. The number of carbonyl (C=O) groups is 1. The van der Waals surface area contributed by atoms with Gasteiger partial charge < -0.3 is 9.73 Å². The number of amides is 1. The fourth-order valence-electron chi connectivity index (χ4n) is 4.03. The Hall–Kier alpha value is -2.55. The second kappa shape index (κ2) is 6.64. The lowest BCUT2D eigenvalue weighted by Crippen LogP contribution is -2.14. The van der Waals surface area contributed by atoms with E-state index in [1.54, 1.807) is 6.26 Å². The van der Waals surface area contributed by atoms with Crippen LogP contribution in [0, 0.1) is 6.92 Å². The Labute approximate surface area is 154 Å². The molecular weight excluding hydrogens is 322 g/mol. The largest absolute Gasteiger partial charge is 0.464 e. The second-order valence-corrected chi connectivity index (χ2v) is 7.68. The number of benzene rings is 2. The van der Waals surface area contributed by atoms with Crippen molar-refractivity contribution in [2.24, 2.45) is 0 Å². The average Bonchev–Trinajstić information content (AvgIpc) is 3.20. The third-order valence-electron chi connectivity index (χ3n) is 5.40. The lowest BCUT2D eigenvalue weighted by atomic mass is 9.95. The highest BCUT2D eigenvalue weighted by atomic mass is 16.3. The van der Waals surface area contributed by atoms with Gasteiger partial charge in [-0.3, -0.25) is 4.79 Å². The second-order valence-electron chi connectivity index (χ2n) is 7.68. The highest BCUT2D eigenvalue weighted by Gasteiger charge is 2.15. The monoisotopic (exact) mass is 347 g/mol. The molecule has 0 saturated carbocycles. The topological polar surface area (TPSA) is 42.2 Å². The van der Waals surface area contributed by atoms with Gasteiger partial charge in [-0.25, -0.2) is 0 Å². The molecule has 0 radical (unpaired) electrons. The van der Waals surface area contributed by atoms with Crippen molar-refractivity contribution in [3.05, 3.63) is 64.4 Å². The highest BCUT2D eigenvalue weighted by molar-refractivity contribution is 5.95. The zero-order valence-electron chi connectivity index (χ0n) is 15.7. The maximum Gasteiger partial charge on any atom is 0.228 e. The van der Waals surface area contributed by atoms with Crippen LogP contribution in [0.5, 0.6) is 0 Å². The van der Waals surface area contributed by atoms with E-state index in [2.05, 4.69) is 50.4 Å². The molecule has 1 heterocycles. The Kier molecular flexibility index (Phi) is 4.31. The zero-order valence-corrected chi connectivity index (χ0v) is 15.7. The minimum Gasteiger partial charge on any atom is -0.464 e. The van der Waals surface area contributed by atoms with Crippen LogP contribution in [0.15, 0.2) is 41.0 Å². The number of carbonyl (C=O) groups excluding carboxylic acids is 1. The maximum atomic E-state index is 12.6. The number of anilines is 1. The first kappa shape index (κ1) is 16.9. The fourth-order valence-corrected chi connectivity index (χ4v) is 4.03. The van der Waals surface area contributed by atoms with Gasteiger partial charge in [-0.1, -0.05) is 19.9 Å². The van der Waals surface area contributed by atoms with Gasteiger partial charge >= 0.3 is 0 Å². The standard InChI is InChI=1S/C23H25NO2/c1-14(2)20-12-21-18(13-26-22(21)9-15(20)3)11-23(25)24-19-8-7-16-5-4-6-17(16)10-19/h7-10,12-14H,4-6,11H2,1-3H3,(H,24,25). The molecule has 26 heavy (non-hydrogen) atoms. The van der Waals surface area contributed by atoms with Gasteiger partial charge in [-0.2, -0.15) is 0 Å². The summed E-state index contributed by atoms with van der Waals surface area (Å²) in [4.78, 5) is 12.6. The van der Waals surface area contributed by atoms with Crippen LogP contribution < -0.4 is 5.32 Å². The molecule has 0 aliphatic heterocycles. The van der Waals surface area contributed by atoms with Crippen LogP contribution in [-0.2, 0) is 24.1 Å². The predicted molar refractivity (Wildman–Crippen MR) is 106 cm³/mol. The van der Waals surface area contributed by atoms with Gasteiger partial charge in [0.05, 0.1) is 12.7 Å². The lowest BCUT2D eigenvalue weighted by Gasteiger charge is -2.10. The van der Waals surface area contributed by atoms with Crippen molar-refractivity contribution in [3.63, 3.8) is 0 Å². The van der Waals surface area contributed by atoms with E-state index >= 15 is 0 Å². The van der Waals surface area contributed by atoms with Crippen LogP contribution in [-0.4, -0.2) is 5.91 Å². The van der Waals surface area contributed by atoms with Crippen molar-refractivity contribution in [1.29, 1.82) is 0 Å². The molecule has 0 atom stereocenters. The Morgan fingerprint density at radius 3 is 2.77 bits per heavy atom. The number of furan rings is 1. The molecule has 1 aliphatic carbocycles. The molecule has 4 rings (SSSR count). The number of aryl methyl sites for hydroxylation is 3. The number of rotatable bonds is 4. The molecule has 3 heteroatoms. The Morgan fingerprint density at radius 1 is 1.15 bits per heavy atom. The molecular formula is C23H25NO2. The molecule has 2 aromatic carbocycles. The predicted octanol–water partition coefficient (Wildman–Crippen LogP) is 5.53. The third kappa shape index (κ3) is 3.14. The summed E-state index contributed by atoms with van der Waals surface area (Å²) < 4.78 is 5.70. The van der Waals surface area contributed by atoms with Crippen molar-refractivity contribution in [2.45, 2.75) is 52.4 Å². The Bertz CT molecular complexity index is 981. The van der Waals surface area contributed by atoms with Crippen molar-refractivity contribution in [3.8, 4) is 0 Å². The Balaban J connectivity index is 1.55. The zero-order chi connectivity index (χ0) is 18.3.